The number of ether oxygens (including phenoxy) is 1. The van der Waals surface area contributed by atoms with Gasteiger partial charge in [-0.25, -0.2) is 10.0 Å². The Balaban J connectivity index is 1.79. The van der Waals surface area contributed by atoms with E-state index >= 15 is 0 Å². The molecule has 0 spiro atoms. The van der Waals surface area contributed by atoms with Crippen LogP contribution in [0.5, 0.6) is 5.75 Å². The van der Waals surface area contributed by atoms with Gasteiger partial charge in [0.2, 0.25) is 0 Å². The van der Waals surface area contributed by atoms with Gasteiger partial charge in [0, 0.05) is 36.0 Å². The minimum Gasteiger partial charge on any atom is -0.434 e. The van der Waals surface area contributed by atoms with E-state index in [1.54, 1.807) is 23.2 Å². The summed E-state index contributed by atoms with van der Waals surface area (Å²) in [7, 11) is 0. The number of halogens is 3. The van der Waals surface area contributed by atoms with Crippen molar-refractivity contribution in [2.45, 2.75) is 19.6 Å². The molecule has 30 heavy (non-hydrogen) atoms. The number of aliphatic imine (C=N–C) groups is 1. The van der Waals surface area contributed by atoms with Gasteiger partial charge >= 0.3 is 6.61 Å². The molecule has 0 atom stereocenters. The van der Waals surface area contributed by atoms with Crippen LogP contribution in [-0.4, -0.2) is 40.0 Å². The molecule has 0 amide bonds. The number of benzene rings is 1. The Hall–Kier alpha value is -3.40. The van der Waals surface area contributed by atoms with Crippen LogP contribution in [0.4, 0.5) is 14.5 Å². The number of anilines is 1. The summed E-state index contributed by atoms with van der Waals surface area (Å²) in [4.78, 5) is 4.32. The van der Waals surface area contributed by atoms with Crippen LogP contribution in [0.1, 0.15) is 6.42 Å². The Morgan fingerprint density at radius 3 is 2.97 bits per heavy atom. The number of aryl methyl sites for hydroxylation is 1. The molecule has 3 N–H and O–H groups in total. The van der Waals surface area contributed by atoms with Crippen molar-refractivity contribution in [2.75, 3.05) is 11.6 Å². The van der Waals surface area contributed by atoms with Gasteiger partial charge in [-0.3, -0.25) is 15.1 Å². The monoisotopic (exact) mass is 433 g/mol. The fourth-order valence-electron chi connectivity index (χ4n) is 3.22. The van der Waals surface area contributed by atoms with Crippen LogP contribution in [0.15, 0.2) is 53.6 Å². The number of hydrogen-bond donors (Lipinski definition) is 2. The molecule has 0 bridgehead atoms. The number of hydrogen-bond acceptors (Lipinski definition) is 6. The molecule has 2 aromatic rings. The Labute approximate surface area is 176 Å². The van der Waals surface area contributed by atoms with E-state index in [1.165, 1.54) is 18.2 Å². The fraction of sp³-hybridized carbons (Fsp3) is 0.211. The molecule has 2 aliphatic rings. The molecular formula is C19H18ClF2N7O. The second-order valence-corrected chi connectivity index (χ2v) is 6.97. The van der Waals surface area contributed by atoms with Crippen LogP contribution in [0, 0.1) is 5.41 Å². The molecule has 156 valence electrons. The lowest BCUT2D eigenvalue weighted by molar-refractivity contribution is -0.0494. The number of hydrazine groups is 1. The molecule has 2 aliphatic heterocycles. The van der Waals surface area contributed by atoms with Crippen molar-refractivity contribution in [3.05, 3.63) is 53.6 Å². The molecule has 4 rings (SSSR count). The zero-order valence-corrected chi connectivity index (χ0v) is 16.4. The summed E-state index contributed by atoms with van der Waals surface area (Å²) < 4.78 is 32.3. The number of amidine groups is 1. The first-order valence-corrected chi connectivity index (χ1v) is 9.43. The Morgan fingerprint density at radius 2 is 2.20 bits per heavy atom. The van der Waals surface area contributed by atoms with Crippen LogP contribution < -0.4 is 15.5 Å². The van der Waals surface area contributed by atoms with Gasteiger partial charge in [0.05, 0.1) is 18.6 Å². The van der Waals surface area contributed by atoms with Crippen LogP contribution in [-0.2, 0) is 6.54 Å². The third-order valence-electron chi connectivity index (χ3n) is 4.51. The lowest BCUT2D eigenvalue weighted by Crippen LogP contribution is -2.34. The van der Waals surface area contributed by atoms with Gasteiger partial charge in [-0.1, -0.05) is 11.6 Å². The Bertz CT molecular complexity index is 1060. The van der Waals surface area contributed by atoms with E-state index in [-0.39, 0.29) is 11.6 Å². The maximum Gasteiger partial charge on any atom is 0.387 e. The van der Waals surface area contributed by atoms with Crippen molar-refractivity contribution in [3.8, 4) is 17.0 Å². The SMILES string of the molecule is N=C(N)CCn1cc(N2CC=C3N=CC=CN32)c(-c2cc(Cl)ccc2OC(F)F)n1. The number of fused-ring (bicyclic) bond motifs is 1. The molecule has 0 saturated carbocycles. The van der Waals surface area contributed by atoms with Gasteiger partial charge in [0.15, 0.2) is 0 Å². The predicted octanol–water partition coefficient (Wildman–Crippen LogP) is 3.61. The number of nitrogens with one attached hydrogen (secondary N) is 1. The number of aromatic nitrogens is 2. The molecule has 0 unspecified atom stereocenters. The number of rotatable bonds is 7. The third-order valence-corrected chi connectivity index (χ3v) is 4.74. The molecular weight excluding hydrogens is 416 g/mol. The van der Waals surface area contributed by atoms with Crippen LogP contribution in [0.25, 0.3) is 11.3 Å². The Morgan fingerprint density at radius 1 is 1.37 bits per heavy atom. The van der Waals surface area contributed by atoms with Crippen molar-refractivity contribution < 1.29 is 13.5 Å². The minimum absolute atomic E-state index is 0.0245. The van der Waals surface area contributed by atoms with Gasteiger partial charge < -0.3 is 10.5 Å². The Kier molecular flexibility index (Phi) is 5.40. The number of allylic oxidation sites excluding steroid dienone is 1. The van der Waals surface area contributed by atoms with E-state index in [0.29, 0.717) is 41.5 Å². The molecule has 0 aliphatic carbocycles. The van der Waals surface area contributed by atoms with E-state index < -0.39 is 6.61 Å². The fourth-order valence-corrected chi connectivity index (χ4v) is 3.40. The summed E-state index contributed by atoms with van der Waals surface area (Å²) in [5.41, 5.74) is 6.86. The molecule has 1 aromatic heterocycles. The van der Waals surface area contributed by atoms with Crippen LogP contribution in [0.3, 0.4) is 0 Å². The van der Waals surface area contributed by atoms with Gasteiger partial charge in [-0.05, 0) is 30.4 Å². The van der Waals surface area contributed by atoms with Crippen LogP contribution in [0.2, 0.25) is 5.02 Å². The average Bonchev–Trinajstić information content (AvgIpc) is 3.31. The molecule has 1 aromatic carbocycles. The molecule has 0 fully saturated rings. The zero-order chi connectivity index (χ0) is 21.3. The summed E-state index contributed by atoms with van der Waals surface area (Å²) in [6.07, 6.45) is 9.33. The van der Waals surface area contributed by atoms with E-state index in [0.717, 1.165) is 5.82 Å². The predicted molar refractivity (Wildman–Crippen MR) is 111 cm³/mol. The summed E-state index contributed by atoms with van der Waals surface area (Å²) in [5, 5.41) is 16.1. The van der Waals surface area contributed by atoms with Crippen molar-refractivity contribution >= 4 is 29.3 Å². The van der Waals surface area contributed by atoms with E-state index in [2.05, 4.69) is 10.1 Å². The van der Waals surface area contributed by atoms with Gasteiger partial charge in [0.25, 0.3) is 0 Å². The van der Waals surface area contributed by atoms with Crippen molar-refractivity contribution in [3.63, 3.8) is 0 Å². The highest BCUT2D eigenvalue weighted by atomic mass is 35.5. The molecule has 11 heteroatoms. The highest BCUT2D eigenvalue weighted by molar-refractivity contribution is 6.31. The summed E-state index contributed by atoms with van der Waals surface area (Å²) in [5.74, 6) is 0.735. The molecule has 8 nitrogen and oxygen atoms in total. The second-order valence-electron chi connectivity index (χ2n) is 6.53. The minimum atomic E-state index is -2.99. The lowest BCUT2D eigenvalue weighted by Gasteiger charge is -2.30. The first-order valence-electron chi connectivity index (χ1n) is 9.05. The van der Waals surface area contributed by atoms with Crippen LogP contribution >= 0.6 is 11.6 Å². The normalized spacial score (nSPS) is 15.0. The maximum absolute atomic E-state index is 13.0. The first-order chi connectivity index (χ1) is 14.4. The number of alkyl halides is 2. The van der Waals surface area contributed by atoms with Crippen molar-refractivity contribution in [1.29, 1.82) is 5.41 Å². The van der Waals surface area contributed by atoms with Gasteiger partial charge in [0.1, 0.15) is 23.0 Å². The maximum atomic E-state index is 13.0. The summed E-state index contributed by atoms with van der Waals surface area (Å²) in [6, 6.07) is 4.41. The highest BCUT2D eigenvalue weighted by Crippen LogP contribution is 2.40. The summed E-state index contributed by atoms with van der Waals surface area (Å²) >= 11 is 6.15. The molecule has 0 saturated heterocycles. The second kappa shape index (κ2) is 8.15. The standard InChI is InChI=1S/C19H18ClF2N7O/c20-12-2-3-15(30-19(21)22)13(10-12)18-14(11-27(26-18)8-4-16(23)24)28-9-5-17-25-6-1-7-29(17)28/h1-3,5-7,10-11,19H,4,8-9H2,(H3,23,24). The van der Waals surface area contributed by atoms with E-state index in [9.17, 15) is 8.78 Å². The molecule has 3 heterocycles. The number of nitrogens with two attached hydrogens (primary N) is 1. The topological polar surface area (TPSA) is 95.8 Å². The van der Waals surface area contributed by atoms with E-state index in [4.69, 9.17) is 27.5 Å². The molecule has 0 radical (unpaired) electrons. The zero-order valence-electron chi connectivity index (χ0n) is 15.7. The van der Waals surface area contributed by atoms with Crippen molar-refractivity contribution in [2.24, 2.45) is 10.7 Å². The van der Waals surface area contributed by atoms with Crippen molar-refractivity contribution in [1.82, 2.24) is 14.8 Å². The number of nitrogens with zero attached hydrogens (tertiary/aromatic N) is 5. The summed E-state index contributed by atoms with van der Waals surface area (Å²) in [6.45, 7) is -2.13. The smallest absolute Gasteiger partial charge is 0.387 e. The highest BCUT2D eigenvalue weighted by Gasteiger charge is 2.29. The third kappa shape index (κ3) is 3.99. The quantitative estimate of drug-likeness (QED) is 0.513. The average molecular weight is 434 g/mol. The largest absolute Gasteiger partial charge is 0.434 e. The van der Waals surface area contributed by atoms with E-state index in [1.807, 2.05) is 22.3 Å². The van der Waals surface area contributed by atoms with Gasteiger partial charge in [-0.2, -0.15) is 13.9 Å². The first kappa shape index (κ1) is 19.9. The lowest BCUT2D eigenvalue weighted by atomic mass is 10.1. The van der Waals surface area contributed by atoms with Gasteiger partial charge in [-0.15, -0.1) is 0 Å².